The van der Waals surface area contributed by atoms with Crippen molar-refractivity contribution in [1.29, 1.82) is 0 Å². The minimum Gasteiger partial charge on any atom is -0.149 e. The lowest BCUT2D eigenvalue weighted by Crippen LogP contribution is -2.03. The molecule has 2 heteroatoms. The molecule has 0 amide bonds. The van der Waals surface area contributed by atoms with Crippen LogP contribution >= 0.6 is 27.3 Å². The third-order valence-electron chi connectivity index (χ3n) is 2.76. The molecule has 2 aromatic rings. The molecule has 0 aliphatic rings. The van der Waals surface area contributed by atoms with Crippen LogP contribution in [0.1, 0.15) is 21.9 Å². The van der Waals surface area contributed by atoms with Crippen LogP contribution in [-0.4, -0.2) is 5.33 Å². The quantitative estimate of drug-likeness (QED) is 0.712. The first-order chi connectivity index (χ1) is 7.79. The van der Waals surface area contributed by atoms with E-state index in [1.54, 1.807) is 0 Å². The van der Waals surface area contributed by atoms with Gasteiger partial charge in [0.05, 0.1) is 0 Å². The summed E-state index contributed by atoms with van der Waals surface area (Å²) in [6.07, 6.45) is 1.13. The summed E-state index contributed by atoms with van der Waals surface area (Å²) in [6, 6.07) is 13.2. The van der Waals surface area contributed by atoms with Gasteiger partial charge >= 0.3 is 0 Å². The van der Waals surface area contributed by atoms with Gasteiger partial charge in [-0.15, -0.1) is 11.3 Å². The number of benzene rings is 1. The Hall–Kier alpha value is -0.600. The third kappa shape index (κ3) is 2.96. The van der Waals surface area contributed by atoms with Crippen molar-refractivity contribution in [1.82, 2.24) is 0 Å². The van der Waals surface area contributed by atoms with E-state index in [0.717, 1.165) is 11.8 Å². The molecule has 0 aliphatic carbocycles. The van der Waals surface area contributed by atoms with Crippen LogP contribution in [0.2, 0.25) is 0 Å². The van der Waals surface area contributed by atoms with Crippen molar-refractivity contribution in [3.05, 3.63) is 57.8 Å². The van der Waals surface area contributed by atoms with Crippen LogP contribution in [-0.2, 0) is 6.42 Å². The second kappa shape index (κ2) is 5.65. The maximum atomic E-state index is 3.62. The van der Waals surface area contributed by atoms with E-state index in [1.807, 2.05) is 11.3 Å². The average Bonchev–Trinajstić information content (AvgIpc) is 2.80. The number of halogens is 1. The molecule has 1 heterocycles. The Labute approximate surface area is 109 Å². The monoisotopic (exact) mass is 294 g/mol. The predicted molar refractivity (Wildman–Crippen MR) is 75.7 cm³/mol. The number of hydrogen-bond acceptors (Lipinski definition) is 1. The molecule has 0 radical (unpaired) electrons. The van der Waals surface area contributed by atoms with E-state index in [4.69, 9.17) is 0 Å². The first kappa shape index (κ1) is 11.9. The lowest BCUT2D eigenvalue weighted by atomic mass is 9.96. The summed E-state index contributed by atoms with van der Waals surface area (Å²) in [5.74, 6) is 0.583. The molecule has 0 nitrogen and oxygen atoms in total. The summed E-state index contributed by atoms with van der Waals surface area (Å²) in [4.78, 5) is 1.46. The normalized spacial score (nSPS) is 12.6. The van der Waals surface area contributed by atoms with Gasteiger partial charge in [-0.2, -0.15) is 0 Å². The minimum absolute atomic E-state index is 0.583. The molecule has 0 bridgehead atoms. The van der Waals surface area contributed by atoms with Gasteiger partial charge in [0.1, 0.15) is 0 Å². The van der Waals surface area contributed by atoms with Gasteiger partial charge in [-0.05, 0) is 36.3 Å². The molecule has 0 aliphatic heterocycles. The van der Waals surface area contributed by atoms with Gasteiger partial charge in [-0.3, -0.25) is 0 Å². The van der Waals surface area contributed by atoms with E-state index < -0.39 is 0 Å². The Bertz CT molecular complexity index is 417. The SMILES string of the molecule is Cc1ccc(C(CBr)Cc2cccs2)cc1. The number of rotatable bonds is 4. The van der Waals surface area contributed by atoms with Crippen molar-refractivity contribution in [2.75, 3.05) is 5.33 Å². The van der Waals surface area contributed by atoms with Gasteiger partial charge in [-0.1, -0.05) is 51.8 Å². The lowest BCUT2D eigenvalue weighted by molar-refractivity contribution is 0.785. The van der Waals surface area contributed by atoms with E-state index >= 15 is 0 Å². The van der Waals surface area contributed by atoms with Gasteiger partial charge in [0, 0.05) is 10.2 Å². The summed E-state index contributed by atoms with van der Waals surface area (Å²) >= 11 is 5.47. The molecule has 0 N–H and O–H groups in total. The summed E-state index contributed by atoms with van der Waals surface area (Å²) in [7, 11) is 0. The molecule has 16 heavy (non-hydrogen) atoms. The van der Waals surface area contributed by atoms with Crippen molar-refractivity contribution in [2.24, 2.45) is 0 Å². The highest BCUT2D eigenvalue weighted by Gasteiger charge is 2.11. The van der Waals surface area contributed by atoms with E-state index in [1.165, 1.54) is 16.0 Å². The Morgan fingerprint density at radius 1 is 1.19 bits per heavy atom. The Kier molecular flexibility index (Phi) is 4.19. The zero-order valence-corrected chi connectivity index (χ0v) is 11.7. The van der Waals surface area contributed by atoms with Crippen molar-refractivity contribution in [3.8, 4) is 0 Å². The van der Waals surface area contributed by atoms with Gasteiger partial charge in [0.25, 0.3) is 0 Å². The number of alkyl halides is 1. The summed E-state index contributed by atoms with van der Waals surface area (Å²) in [6.45, 7) is 2.13. The predicted octanol–water partition coefficient (Wildman–Crippen LogP) is 4.78. The first-order valence-corrected chi connectivity index (χ1v) is 7.44. The van der Waals surface area contributed by atoms with Crippen LogP contribution in [0.25, 0.3) is 0 Å². The number of thiophene rings is 1. The fraction of sp³-hybridized carbons (Fsp3) is 0.286. The van der Waals surface area contributed by atoms with Gasteiger partial charge < -0.3 is 0 Å². The maximum absolute atomic E-state index is 3.62. The van der Waals surface area contributed by atoms with Crippen LogP contribution in [0.4, 0.5) is 0 Å². The lowest BCUT2D eigenvalue weighted by Gasteiger charge is -2.13. The molecule has 1 atom stereocenters. The highest BCUT2D eigenvalue weighted by molar-refractivity contribution is 9.09. The largest absolute Gasteiger partial charge is 0.149 e. The van der Waals surface area contributed by atoms with Crippen molar-refractivity contribution in [3.63, 3.8) is 0 Å². The van der Waals surface area contributed by atoms with Crippen LogP contribution in [0, 0.1) is 6.92 Å². The summed E-state index contributed by atoms with van der Waals surface area (Å²) < 4.78 is 0. The Morgan fingerprint density at radius 2 is 1.94 bits per heavy atom. The highest BCUT2D eigenvalue weighted by atomic mass is 79.9. The second-order valence-electron chi connectivity index (χ2n) is 4.05. The summed E-state index contributed by atoms with van der Waals surface area (Å²) in [5.41, 5.74) is 2.75. The fourth-order valence-corrected chi connectivity index (χ4v) is 3.16. The average molecular weight is 295 g/mol. The van der Waals surface area contributed by atoms with E-state index in [-0.39, 0.29) is 0 Å². The number of aryl methyl sites for hydroxylation is 1. The maximum Gasteiger partial charge on any atom is 0.0104 e. The third-order valence-corrected chi connectivity index (χ3v) is 4.44. The van der Waals surface area contributed by atoms with Crippen LogP contribution < -0.4 is 0 Å². The van der Waals surface area contributed by atoms with Crippen molar-refractivity contribution < 1.29 is 0 Å². The fourth-order valence-electron chi connectivity index (χ4n) is 1.77. The summed E-state index contributed by atoms with van der Waals surface area (Å²) in [5, 5.41) is 3.17. The van der Waals surface area contributed by atoms with Crippen LogP contribution in [0.15, 0.2) is 41.8 Å². The van der Waals surface area contributed by atoms with E-state index in [9.17, 15) is 0 Å². The van der Waals surface area contributed by atoms with Gasteiger partial charge in [0.2, 0.25) is 0 Å². The molecular formula is C14H15BrS. The molecule has 84 valence electrons. The standard InChI is InChI=1S/C14H15BrS/c1-11-4-6-12(7-5-11)13(10-15)9-14-3-2-8-16-14/h2-8,13H,9-10H2,1H3. The molecule has 0 fully saturated rings. The minimum atomic E-state index is 0.583. The highest BCUT2D eigenvalue weighted by Crippen LogP contribution is 2.25. The molecule has 0 saturated heterocycles. The molecule has 2 rings (SSSR count). The zero-order valence-electron chi connectivity index (χ0n) is 9.32. The van der Waals surface area contributed by atoms with Gasteiger partial charge in [-0.25, -0.2) is 0 Å². The first-order valence-electron chi connectivity index (χ1n) is 5.44. The van der Waals surface area contributed by atoms with E-state index in [0.29, 0.717) is 5.92 Å². The topological polar surface area (TPSA) is 0 Å². The smallest absolute Gasteiger partial charge is 0.0104 e. The molecular weight excluding hydrogens is 280 g/mol. The van der Waals surface area contributed by atoms with Crippen LogP contribution in [0.5, 0.6) is 0 Å². The zero-order chi connectivity index (χ0) is 11.4. The molecule has 0 spiro atoms. The Morgan fingerprint density at radius 3 is 2.50 bits per heavy atom. The molecule has 1 unspecified atom stereocenters. The molecule has 0 saturated carbocycles. The van der Waals surface area contributed by atoms with Gasteiger partial charge in [0.15, 0.2) is 0 Å². The molecule has 1 aromatic heterocycles. The van der Waals surface area contributed by atoms with Crippen molar-refractivity contribution >= 4 is 27.3 Å². The number of hydrogen-bond donors (Lipinski definition) is 0. The van der Waals surface area contributed by atoms with Crippen LogP contribution in [0.3, 0.4) is 0 Å². The Balaban J connectivity index is 2.13. The molecule has 1 aromatic carbocycles. The van der Waals surface area contributed by atoms with E-state index in [2.05, 4.69) is 64.6 Å². The second-order valence-corrected chi connectivity index (χ2v) is 5.73. The van der Waals surface area contributed by atoms with Crippen molar-refractivity contribution in [2.45, 2.75) is 19.3 Å².